The standard InChI is InChI=1S/C13H14ClN3/c1-10-9-16-13(14)17-12(10)15-8-7-11-5-3-2-4-6-11/h2-6,9H,7-8H2,1H3,(H,15,16,17). The predicted octanol–water partition coefficient (Wildman–Crippen LogP) is 3.09. The molecule has 0 saturated carbocycles. The van der Waals surface area contributed by atoms with Crippen LogP contribution in [0.3, 0.4) is 0 Å². The SMILES string of the molecule is Cc1cnc(Cl)nc1NCCc1ccccc1. The second-order valence-corrected chi connectivity index (χ2v) is 4.17. The van der Waals surface area contributed by atoms with Crippen molar-refractivity contribution in [2.24, 2.45) is 0 Å². The van der Waals surface area contributed by atoms with Crippen LogP contribution in [0, 0.1) is 6.92 Å². The van der Waals surface area contributed by atoms with Crippen molar-refractivity contribution in [3.8, 4) is 0 Å². The molecule has 1 N–H and O–H groups in total. The fourth-order valence-electron chi connectivity index (χ4n) is 1.57. The zero-order valence-corrected chi connectivity index (χ0v) is 10.4. The molecular weight excluding hydrogens is 234 g/mol. The minimum Gasteiger partial charge on any atom is -0.369 e. The van der Waals surface area contributed by atoms with E-state index in [-0.39, 0.29) is 5.28 Å². The van der Waals surface area contributed by atoms with Crippen molar-refractivity contribution in [1.29, 1.82) is 0 Å². The third kappa shape index (κ3) is 3.43. The molecule has 1 aromatic heterocycles. The number of nitrogens with zero attached hydrogens (tertiary/aromatic N) is 2. The number of nitrogens with one attached hydrogen (secondary N) is 1. The molecule has 0 aliphatic carbocycles. The maximum atomic E-state index is 5.75. The molecule has 17 heavy (non-hydrogen) atoms. The summed E-state index contributed by atoms with van der Waals surface area (Å²) >= 11 is 5.75. The van der Waals surface area contributed by atoms with Crippen molar-refractivity contribution in [3.05, 3.63) is 52.9 Å². The summed E-state index contributed by atoms with van der Waals surface area (Å²) in [7, 11) is 0. The molecule has 88 valence electrons. The van der Waals surface area contributed by atoms with Gasteiger partial charge in [0.15, 0.2) is 0 Å². The molecule has 0 atom stereocenters. The Morgan fingerprint density at radius 2 is 2.00 bits per heavy atom. The fraction of sp³-hybridized carbons (Fsp3) is 0.231. The van der Waals surface area contributed by atoms with Gasteiger partial charge in [0.25, 0.3) is 0 Å². The summed E-state index contributed by atoms with van der Waals surface area (Å²) in [6.07, 6.45) is 2.68. The Morgan fingerprint density at radius 1 is 1.24 bits per heavy atom. The fourth-order valence-corrected chi connectivity index (χ4v) is 1.70. The third-order valence-corrected chi connectivity index (χ3v) is 2.67. The summed E-state index contributed by atoms with van der Waals surface area (Å²) in [6, 6.07) is 10.3. The zero-order chi connectivity index (χ0) is 12.1. The maximum Gasteiger partial charge on any atom is 0.224 e. The van der Waals surface area contributed by atoms with Gasteiger partial charge in [-0.2, -0.15) is 0 Å². The average Bonchev–Trinajstić information content (AvgIpc) is 2.35. The van der Waals surface area contributed by atoms with Crippen LogP contribution in [0.5, 0.6) is 0 Å². The molecule has 0 fully saturated rings. The molecule has 0 saturated heterocycles. The number of anilines is 1. The first kappa shape index (κ1) is 11.9. The number of aryl methyl sites for hydroxylation is 1. The van der Waals surface area contributed by atoms with E-state index < -0.39 is 0 Å². The van der Waals surface area contributed by atoms with Gasteiger partial charge in [0.05, 0.1) is 0 Å². The third-order valence-electron chi connectivity index (χ3n) is 2.49. The van der Waals surface area contributed by atoms with Crippen LogP contribution < -0.4 is 5.32 Å². The molecule has 0 spiro atoms. The van der Waals surface area contributed by atoms with E-state index in [0.29, 0.717) is 0 Å². The monoisotopic (exact) mass is 247 g/mol. The van der Waals surface area contributed by atoms with Crippen molar-refractivity contribution in [3.63, 3.8) is 0 Å². The van der Waals surface area contributed by atoms with Crippen molar-refractivity contribution < 1.29 is 0 Å². The van der Waals surface area contributed by atoms with E-state index in [2.05, 4.69) is 27.4 Å². The molecule has 0 aliphatic rings. The lowest BCUT2D eigenvalue weighted by Gasteiger charge is -2.08. The molecule has 0 amide bonds. The van der Waals surface area contributed by atoms with Gasteiger partial charge >= 0.3 is 0 Å². The van der Waals surface area contributed by atoms with Crippen molar-refractivity contribution >= 4 is 17.4 Å². The van der Waals surface area contributed by atoms with Crippen LogP contribution in [0.4, 0.5) is 5.82 Å². The Labute approximate surface area is 106 Å². The van der Waals surface area contributed by atoms with E-state index in [1.165, 1.54) is 5.56 Å². The topological polar surface area (TPSA) is 37.8 Å². The number of hydrogen-bond donors (Lipinski definition) is 1. The van der Waals surface area contributed by atoms with Gasteiger partial charge < -0.3 is 5.32 Å². The molecule has 0 aliphatic heterocycles. The molecule has 0 bridgehead atoms. The summed E-state index contributed by atoms with van der Waals surface area (Å²) in [5.41, 5.74) is 2.31. The minimum atomic E-state index is 0.276. The lowest BCUT2D eigenvalue weighted by Crippen LogP contribution is -2.08. The van der Waals surface area contributed by atoms with Crippen LogP contribution in [0.25, 0.3) is 0 Å². The molecule has 0 radical (unpaired) electrons. The number of benzene rings is 1. The quantitative estimate of drug-likeness (QED) is 0.844. The van der Waals surface area contributed by atoms with Gasteiger partial charge in [-0.1, -0.05) is 30.3 Å². The first-order chi connectivity index (χ1) is 8.25. The second-order valence-electron chi connectivity index (χ2n) is 3.83. The Hall–Kier alpha value is -1.61. The van der Waals surface area contributed by atoms with Crippen LogP contribution in [-0.2, 0) is 6.42 Å². The molecule has 2 rings (SSSR count). The summed E-state index contributed by atoms with van der Waals surface area (Å²) in [5, 5.41) is 3.54. The number of hydrogen-bond acceptors (Lipinski definition) is 3. The van der Waals surface area contributed by atoms with Crippen molar-refractivity contribution in [1.82, 2.24) is 9.97 Å². The Kier molecular flexibility index (Phi) is 3.94. The summed E-state index contributed by atoms with van der Waals surface area (Å²) < 4.78 is 0. The predicted molar refractivity (Wildman–Crippen MR) is 70.4 cm³/mol. The van der Waals surface area contributed by atoms with Crippen LogP contribution in [0.15, 0.2) is 36.5 Å². The molecular formula is C13H14ClN3. The van der Waals surface area contributed by atoms with Crippen LogP contribution in [0.2, 0.25) is 5.28 Å². The number of halogens is 1. The first-order valence-corrected chi connectivity index (χ1v) is 5.90. The van der Waals surface area contributed by atoms with Gasteiger partial charge in [-0.05, 0) is 30.5 Å². The van der Waals surface area contributed by atoms with Gasteiger partial charge in [0.1, 0.15) is 5.82 Å². The highest BCUT2D eigenvalue weighted by Crippen LogP contribution is 2.12. The number of rotatable bonds is 4. The average molecular weight is 248 g/mol. The Balaban J connectivity index is 1.92. The van der Waals surface area contributed by atoms with E-state index in [0.717, 1.165) is 24.3 Å². The van der Waals surface area contributed by atoms with E-state index in [4.69, 9.17) is 11.6 Å². The van der Waals surface area contributed by atoms with Gasteiger partial charge in [0, 0.05) is 18.3 Å². The lowest BCUT2D eigenvalue weighted by molar-refractivity contribution is 0.991. The summed E-state index contributed by atoms with van der Waals surface area (Å²) in [6.45, 7) is 2.79. The summed E-state index contributed by atoms with van der Waals surface area (Å²) in [5.74, 6) is 0.806. The lowest BCUT2D eigenvalue weighted by atomic mass is 10.1. The number of aromatic nitrogens is 2. The van der Waals surface area contributed by atoms with Crippen molar-refractivity contribution in [2.75, 3.05) is 11.9 Å². The summed E-state index contributed by atoms with van der Waals surface area (Å²) in [4.78, 5) is 8.07. The zero-order valence-electron chi connectivity index (χ0n) is 9.65. The maximum absolute atomic E-state index is 5.75. The van der Waals surface area contributed by atoms with Crippen LogP contribution in [-0.4, -0.2) is 16.5 Å². The van der Waals surface area contributed by atoms with Gasteiger partial charge in [-0.15, -0.1) is 0 Å². The van der Waals surface area contributed by atoms with Crippen LogP contribution >= 0.6 is 11.6 Å². The second kappa shape index (κ2) is 5.64. The van der Waals surface area contributed by atoms with E-state index >= 15 is 0 Å². The van der Waals surface area contributed by atoms with Crippen molar-refractivity contribution in [2.45, 2.75) is 13.3 Å². The molecule has 3 nitrogen and oxygen atoms in total. The molecule has 0 unspecified atom stereocenters. The first-order valence-electron chi connectivity index (χ1n) is 5.52. The highest BCUT2D eigenvalue weighted by Gasteiger charge is 2.01. The van der Waals surface area contributed by atoms with Gasteiger partial charge in [0.2, 0.25) is 5.28 Å². The Morgan fingerprint density at radius 3 is 2.76 bits per heavy atom. The van der Waals surface area contributed by atoms with E-state index in [1.54, 1.807) is 6.20 Å². The molecule has 1 aromatic carbocycles. The highest BCUT2D eigenvalue weighted by molar-refractivity contribution is 6.28. The molecule has 2 aromatic rings. The van der Waals surface area contributed by atoms with Gasteiger partial charge in [-0.25, -0.2) is 9.97 Å². The van der Waals surface area contributed by atoms with Gasteiger partial charge in [-0.3, -0.25) is 0 Å². The van der Waals surface area contributed by atoms with Crippen LogP contribution in [0.1, 0.15) is 11.1 Å². The minimum absolute atomic E-state index is 0.276. The Bertz CT molecular complexity index is 485. The smallest absolute Gasteiger partial charge is 0.224 e. The molecule has 4 heteroatoms. The highest BCUT2D eigenvalue weighted by atomic mass is 35.5. The molecule has 1 heterocycles. The van der Waals surface area contributed by atoms with E-state index in [9.17, 15) is 0 Å². The normalized spacial score (nSPS) is 10.2. The van der Waals surface area contributed by atoms with E-state index in [1.807, 2.05) is 25.1 Å². The largest absolute Gasteiger partial charge is 0.369 e.